The molecule has 0 aromatic carbocycles. The van der Waals surface area contributed by atoms with Crippen LogP contribution in [0.2, 0.25) is 0 Å². The molecule has 0 atom stereocenters. The molecule has 0 radical (unpaired) electrons. The second kappa shape index (κ2) is 8.99. The Labute approximate surface area is 121 Å². The van der Waals surface area contributed by atoms with Gasteiger partial charge in [0.2, 0.25) is 6.33 Å². The molecule has 1 N–H and O–H groups in total. The van der Waals surface area contributed by atoms with E-state index in [-0.39, 0.29) is 4.13 Å². The summed E-state index contributed by atoms with van der Waals surface area (Å²) in [4.78, 5) is 0. The van der Waals surface area contributed by atoms with E-state index in [0.29, 0.717) is 13.4 Å². The van der Waals surface area contributed by atoms with Gasteiger partial charge in [0.25, 0.3) is 0 Å². The largest absolute Gasteiger partial charge is 0.387 e. The highest BCUT2D eigenvalue weighted by molar-refractivity contribution is 7.99. The number of hydrogen-bond donors (Lipinski definition) is 1. The van der Waals surface area contributed by atoms with Crippen LogP contribution in [0.15, 0.2) is 18.7 Å². The van der Waals surface area contributed by atoms with Gasteiger partial charge in [-0.25, -0.2) is 9.13 Å². The molecule has 0 spiro atoms. The monoisotopic (exact) mass is 352 g/mol. The van der Waals surface area contributed by atoms with Gasteiger partial charge in [0.15, 0.2) is 0 Å². The molecule has 0 bridgehead atoms. The highest BCUT2D eigenvalue weighted by atomic mass is 32.3. The SMILES string of the molecule is COCOCCn1cc[n+](C)c1.O=S(=O)(F)NS(=O)(=O)F. The number of aromatic nitrogens is 2. The molecule has 0 fully saturated rings. The quantitative estimate of drug-likeness (QED) is 0.290. The lowest BCUT2D eigenvalue weighted by Gasteiger charge is -1.99. The summed E-state index contributed by atoms with van der Waals surface area (Å²) in [5.41, 5.74) is 0. The molecule has 13 heteroatoms. The highest BCUT2D eigenvalue weighted by Crippen LogP contribution is 1.90. The predicted molar refractivity (Wildman–Crippen MR) is 66.6 cm³/mol. The molecule has 124 valence electrons. The van der Waals surface area contributed by atoms with Gasteiger partial charge >= 0.3 is 20.8 Å². The Hall–Kier alpha value is -1.15. The number of imidazole rings is 1. The number of rotatable bonds is 7. The van der Waals surface area contributed by atoms with Crippen LogP contribution < -0.4 is 8.69 Å². The van der Waals surface area contributed by atoms with Crippen LogP contribution in [-0.4, -0.2) is 41.9 Å². The Morgan fingerprint density at radius 2 is 1.81 bits per heavy atom. The Bertz CT molecular complexity index is 586. The van der Waals surface area contributed by atoms with Crippen molar-refractivity contribution >= 4 is 20.8 Å². The average Bonchev–Trinajstić information content (AvgIpc) is 2.66. The summed E-state index contributed by atoms with van der Waals surface area (Å²) in [6.07, 6.45) is 6.02. The van der Waals surface area contributed by atoms with Gasteiger partial charge in [-0.15, -0.1) is 0 Å². The van der Waals surface area contributed by atoms with E-state index < -0.39 is 20.8 Å². The molecule has 1 aromatic heterocycles. The van der Waals surface area contributed by atoms with Crippen molar-refractivity contribution in [1.29, 1.82) is 0 Å². The molecule has 0 saturated heterocycles. The van der Waals surface area contributed by atoms with Gasteiger partial charge in [0.05, 0.1) is 13.7 Å². The van der Waals surface area contributed by atoms with Crippen LogP contribution in [0.5, 0.6) is 0 Å². The van der Waals surface area contributed by atoms with E-state index in [2.05, 4.69) is 4.57 Å². The van der Waals surface area contributed by atoms with Crippen molar-refractivity contribution in [3.8, 4) is 0 Å². The number of hydrogen-bond acceptors (Lipinski definition) is 6. The molecule has 21 heavy (non-hydrogen) atoms. The van der Waals surface area contributed by atoms with Crippen LogP contribution in [0, 0.1) is 0 Å². The zero-order chi connectivity index (χ0) is 16.5. The van der Waals surface area contributed by atoms with Crippen LogP contribution in [-0.2, 0) is 43.9 Å². The smallest absolute Gasteiger partial charge is 0.359 e. The molecule has 9 nitrogen and oxygen atoms in total. The van der Waals surface area contributed by atoms with Crippen LogP contribution in [0.1, 0.15) is 0 Å². The summed E-state index contributed by atoms with van der Waals surface area (Å²) in [6, 6.07) is 0. The second-order valence-corrected chi connectivity index (χ2v) is 6.01. The molecule has 0 unspecified atom stereocenters. The molecule has 0 aliphatic carbocycles. The first kappa shape index (κ1) is 19.9. The summed E-state index contributed by atoms with van der Waals surface area (Å²) in [5, 5.41) is 0. The topological polar surface area (TPSA) is 108 Å². The van der Waals surface area contributed by atoms with E-state index in [1.165, 1.54) is 0 Å². The molecule has 1 aromatic rings. The zero-order valence-corrected chi connectivity index (χ0v) is 12.9. The van der Waals surface area contributed by atoms with Crippen LogP contribution >= 0.6 is 0 Å². The third-order valence-corrected chi connectivity index (χ3v) is 3.31. The molecule has 1 heterocycles. The minimum atomic E-state index is -5.49. The van der Waals surface area contributed by atoms with Crippen molar-refractivity contribution in [2.45, 2.75) is 6.54 Å². The third-order valence-electron chi connectivity index (χ3n) is 1.72. The van der Waals surface area contributed by atoms with E-state index in [9.17, 15) is 24.6 Å². The molecule has 0 saturated carbocycles. The second-order valence-electron chi connectivity index (χ2n) is 3.59. The van der Waals surface area contributed by atoms with Gasteiger partial charge in [0, 0.05) is 7.11 Å². The van der Waals surface area contributed by atoms with Gasteiger partial charge in [-0.2, -0.15) is 16.8 Å². The van der Waals surface area contributed by atoms with E-state index in [4.69, 9.17) is 9.47 Å². The summed E-state index contributed by atoms with van der Waals surface area (Å²) < 4.78 is 73.3. The Morgan fingerprint density at radius 3 is 2.14 bits per heavy atom. The van der Waals surface area contributed by atoms with Gasteiger partial charge in [0.1, 0.15) is 25.7 Å². The average molecular weight is 352 g/mol. The number of nitrogens with one attached hydrogen (secondary N) is 1. The van der Waals surface area contributed by atoms with Crippen molar-refractivity contribution in [2.75, 3.05) is 20.5 Å². The Balaban J connectivity index is 0.000000400. The number of halogens is 2. The molecular formula is C8H16F2N3O6S2+. The molecular weight excluding hydrogens is 336 g/mol. The minimum absolute atomic E-state index is 0.0694. The van der Waals surface area contributed by atoms with Gasteiger partial charge in [-0.3, -0.25) is 0 Å². The van der Waals surface area contributed by atoms with E-state index >= 15 is 0 Å². The normalized spacial score (nSPS) is 11.8. The fraction of sp³-hybridized carbons (Fsp3) is 0.625. The summed E-state index contributed by atoms with van der Waals surface area (Å²) in [5.74, 6) is 0. The lowest BCUT2D eigenvalue weighted by molar-refractivity contribution is -0.671. The standard InChI is InChI=1S/C8H15N2O2.F2HNO4S2/c1-9-3-4-10(7-9)5-6-12-8-11-2;1-8(4,5)3-9(2,6)7/h3-4,7H,5-6,8H2,1-2H3;3H/q+1;. The van der Waals surface area contributed by atoms with Gasteiger partial charge in [-0.1, -0.05) is 11.9 Å². The number of ether oxygens (including phenoxy) is 2. The Morgan fingerprint density at radius 1 is 1.24 bits per heavy atom. The van der Waals surface area contributed by atoms with E-state index in [1.54, 1.807) is 7.11 Å². The maximum absolute atomic E-state index is 11.1. The summed E-state index contributed by atoms with van der Waals surface area (Å²) >= 11 is 0. The first-order valence-electron chi connectivity index (χ1n) is 5.29. The molecule has 0 aliphatic rings. The van der Waals surface area contributed by atoms with Crippen LogP contribution in [0.25, 0.3) is 0 Å². The number of aryl methyl sites for hydroxylation is 1. The fourth-order valence-corrected chi connectivity index (χ4v) is 2.02. The predicted octanol–water partition coefficient (Wildman–Crippen LogP) is -1.06. The van der Waals surface area contributed by atoms with E-state index in [0.717, 1.165) is 6.54 Å². The maximum atomic E-state index is 11.1. The highest BCUT2D eigenvalue weighted by Gasteiger charge is 2.17. The minimum Gasteiger partial charge on any atom is -0.359 e. The summed E-state index contributed by atoms with van der Waals surface area (Å²) in [6.45, 7) is 1.92. The first-order valence-corrected chi connectivity index (χ1v) is 8.05. The Kier molecular flexibility index (Phi) is 8.50. The van der Waals surface area contributed by atoms with Crippen molar-refractivity contribution in [3.05, 3.63) is 18.7 Å². The lowest BCUT2D eigenvalue weighted by Crippen LogP contribution is -2.24. The third kappa shape index (κ3) is 13.6. The summed E-state index contributed by atoms with van der Waals surface area (Å²) in [7, 11) is -7.38. The zero-order valence-electron chi connectivity index (χ0n) is 11.3. The van der Waals surface area contributed by atoms with Crippen LogP contribution in [0.4, 0.5) is 7.77 Å². The molecule has 0 amide bonds. The number of nitrogens with zero attached hydrogens (tertiary/aromatic N) is 2. The molecule has 1 rings (SSSR count). The first-order chi connectivity index (χ1) is 9.53. The maximum Gasteiger partial charge on any atom is 0.387 e. The van der Waals surface area contributed by atoms with Crippen molar-refractivity contribution < 1.29 is 38.6 Å². The fourth-order valence-electron chi connectivity index (χ4n) is 1.07. The number of methoxy groups -OCH3 is 1. The van der Waals surface area contributed by atoms with Gasteiger partial charge in [-0.05, 0) is 0 Å². The van der Waals surface area contributed by atoms with Crippen LogP contribution in [0.3, 0.4) is 0 Å². The van der Waals surface area contributed by atoms with E-state index in [1.807, 2.05) is 30.3 Å². The van der Waals surface area contributed by atoms with Crippen molar-refractivity contribution in [1.82, 2.24) is 8.69 Å². The van der Waals surface area contributed by atoms with Crippen molar-refractivity contribution in [3.63, 3.8) is 0 Å². The lowest BCUT2D eigenvalue weighted by atomic mass is 10.7. The van der Waals surface area contributed by atoms with Crippen molar-refractivity contribution in [2.24, 2.45) is 7.05 Å². The molecule has 0 aliphatic heterocycles. The van der Waals surface area contributed by atoms with Gasteiger partial charge < -0.3 is 9.47 Å².